The second kappa shape index (κ2) is 6.94. The molecule has 0 radical (unpaired) electrons. The molecule has 1 heterocycles. The average Bonchev–Trinajstić information content (AvgIpc) is 2.67. The highest BCUT2D eigenvalue weighted by atomic mass is 19.1. The Morgan fingerprint density at radius 3 is 2.54 bits per heavy atom. The van der Waals surface area contributed by atoms with Gasteiger partial charge in [0.15, 0.2) is 0 Å². The third-order valence-electron chi connectivity index (χ3n) is 5.09. The van der Waals surface area contributed by atoms with Crippen LogP contribution in [0.25, 0.3) is 11.0 Å². The summed E-state index contributed by atoms with van der Waals surface area (Å²) in [6.07, 6.45) is 4.70. The molecule has 0 atom stereocenters. The van der Waals surface area contributed by atoms with E-state index < -0.39 is 0 Å². The van der Waals surface area contributed by atoms with Crippen LogP contribution in [0.3, 0.4) is 0 Å². The fraction of sp³-hybridized carbons (Fsp3) is 0.318. The molecule has 134 valence electrons. The van der Waals surface area contributed by atoms with Gasteiger partial charge in [0, 0.05) is 17.0 Å². The number of hydrogen-bond donors (Lipinski definition) is 0. The Morgan fingerprint density at radius 1 is 1.08 bits per heavy atom. The van der Waals surface area contributed by atoms with Crippen LogP contribution in [0.15, 0.2) is 45.6 Å². The zero-order valence-electron chi connectivity index (χ0n) is 14.8. The molecule has 0 saturated carbocycles. The first-order valence-electron chi connectivity index (χ1n) is 9.14. The molecule has 1 aromatic heterocycles. The van der Waals surface area contributed by atoms with Crippen molar-refractivity contribution in [2.75, 3.05) is 0 Å². The summed E-state index contributed by atoms with van der Waals surface area (Å²) in [6, 6.07) is 10.2. The first-order chi connectivity index (χ1) is 12.7. The van der Waals surface area contributed by atoms with Gasteiger partial charge in [-0.1, -0.05) is 19.1 Å². The van der Waals surface area contributed by atoms with Crippen LogP contribution in [0.4, 0.5) is 4.39 Å². The van der Waals surface area contributed by atoms with Crippen LogP contribution in [0.5, 0.6) is 5.75 Å². The Labute approximate surface area is 151 Å². The van der Waals surface area contributed by atoms with E-state index in [2.05, 4.69) is 13.0 Å². The van der Waals surface area contributed by atoms with E-state index in [-0.39, 0.29) is 11.4 Å². The van der Waals surface area contributed by atoms with Crippen LogP contribution in [-0.2, 0) is 25.9 Å². The SMILES string of the molecule is CCc1cc2c3c(c(=O)oc2cc1OCc1ccc(F)cc1)CCCC3. The van der Waals surface area contributed by atoms with Crippen LogP contribution in [0.2, 0.25) is 0 Å². The molecule has 1 aliphatic carbocycles. The molecule has 0 unspecified atom stereocenters. The van der Waals surface area contributed by atoms with E-state index in [1.807, 2.05) is 6.07 Å². The summed E-state index contributed by atoms with van der Waals surface area (Å²) >= 11 is 0. The molecule has 1 aliphatic rings. The first kappa shape index (κ1) is 16.8. The van der Waals surface area contributed by atoms with E-state index in [1.54, 1.807) is 12.1 Å². The molecule has 2 aromatic carbocycles. The van der Waals surface area contributed by atoms with Crippen LogP contribution in [-0.4, -0.2) is 0 Å². The maximum absolute atomic E-state index is 13.0. The second-order valence-electron chi connectivity index (χ2n) is 6.78. The highest BCUT2D eigenvalue weighted by Gasteiger charge is 2.19. The zero-order valence-corrected chi connectivity index (χ0v) is 14.8. The van der Waals surface area contributed by atoms with Gasteiger partial charge in [-0.15, -0.1) is 0 Å². The molecule has 0 amide bonds. The summed E-state index contributed by atoms with van der Waals surface area (Å²) in [4.78, 5) is 12.3. The van der Waals surface area contributed by atoms with Gasteiger partial charge in [-0.05, 0) is 67.0 Å². The standard InChI is InChI=1S/C22H21FO3/c1-2-15-11-19-17-5-3-4-6-18(17)22(24)26-21(19)12-20(15)25-13-14-7-9-16(23)10-8-14/h7-12H,2-6,13H2,1H3. The minimum absolute atomic E-state index is 0.221. The van der Waals surface area contributed by atoms with Crippen molar-refractivity contribution >= 4 is 11.0 Å². The number of fused-ring (bicyclic) bond motifs is 3. The van der Waals surface area contributed by atoms with Crippen molar-refractivity contribution in [3.8, 4) is 5.75 Å². The quantitative estimate of drug-likeness (QED) is 0.624. The minimum atomic E-state index is -0.264. The van der Waals surface area contributed by atoms with Crippen LogP contribution in [0, 0.1) is 5.82 Å². The lowest BCUT2D eigenvalue weighted by Gasteiger charge is -2.18. The van der Waals surface area contributed by atoms with E-state index in [0.717, 1.165) is 59.7 Å². The molecule has 26 heavy (non-hydrogen) atoms. The first-order valence-corrected chi connectivity index (χ1v) is 9.14. The Bertz CT molecular complexity index is 1000. The fourth-order valence-corrected chi connectivity index (χ4v) is 3.67. The number of hydrogen-bond acceptors (Lipinski definition) is 3. The normalized spacial score (nSPS) is 13.6. The Kier molecular flexibility index (Phi) is 4.49. The van der Waals surface area contributed by atoms with E-state index >= 15 is 0 Å². The molecule has 0 saturated heterocycles. The predicted molar refractivity (Wildman–Crippen MR) is 99.2 cm³/mol. The number of ether oxygens (including phenoxy) is 1. The molecule has 4 rings (SSSR count). The topological polar surface area (TPSA) is 39.4 Å². The Balaban J connectivity index is 1.73. The molecule has 0 spiro atoms. The average molecular weight is 352 g/mol. The smallest absolute Gasteiger partial charge is 0.339 e. The van der Waals surface area contributed by atoms with Crippen molar-refractivity contribution in [1.29, 1.82) is 0 Å². The summed E-state index contributed by atoms with van der Waals surface area (Å²) in [5.74, 6) is 0.448. The van der Waals surface area contributed by atoms with Crippen molar-refractivity contribution in [2.45, 2.75) is 45.6 Å². The Morgan fingerprint density at radius 2 is 1.81 bits per heavy atom. The van der Waals surface area contributed by atoms with Crippen molar-refractivity contribution in [3.63, 3.8) is 0 Å². The largest absolute Gasteiger partial charge is 0.488 e. The summed E-state index contributed by atoms with van der Waals surface area (Å²) < 4.78 is 24.6. The summed E-state index contributed by atoms with van der Waals surface area (Å²) in [5, 5.41) is 1.03. The number of rotatable bonds is 4. The fourth-order valence-electron chi connectivity index (χ4n) is 3.67. The molecule has 4 heteroatoms. The monoisotopic (exact) mass is 352 g/mol. The van der Waals surface area contributed by atoms with E-state index in [0.29, 0.717) is 17.9 Å². The van der Waals surface area contributed by atoms with Crippen molar-refractivity contribution in [1.82, 2.24) is 0 Å². The van der Waals surface area contributed by atoms with Crippen molar-refractivity contribution in [3.05, 3.63) is 74.9 Å². The minimum Gasteiger partial charge on any atom is -0.488 e. The molecule has 0 bridgehead atoms. The summed E-state index contributed by atoms with van der Waals surface area (Å²) in [6.45, 7) is 2.42. The van der Waals surface area contributed by atoms with Gasteiger partial charge in [0.1, 0.15) is 23.8 Å². The van der Waals surface area contributed by atoms with Gasteiger partial charge in [0.25, 0.3) is 0 Å². The molecular weight excluding hydrogens is 331 g/mol. The van der Waals surface area contributed by atoms with E-state index in [9.17, 15) is 9.18 Å². The molecular formula is C22H21FO3. The number of halogens is 1. The van der Waals surface area contributed by atoms with Gasteiger partial charge in [-0.2, -0.15) is 0 Å². The van der Waals surface area contributed by atoms with Crippen molar-refractivity contribution in [2.24, 2.45) is 0 Å². The number of aryl methyl sites for hydroxylation is 2. The zero-order chi connectivity index (χ0) is 18.1. The second-order valence-corrected chi connectivity index (χ2v) is 6.78. The van der Waals surface area contributed by atoms with Gasteiger partial charge >= 0.3 is 5.63 Å². The van der Waals surface area contributed by atoms with Gasteiger partial charge < -0.3 is 9.15 Å². The molecule has 0 N–H and O–H groups in total. The molecule has 3 nitrogen and oxygen atoms in total. The summed E-state index contributed by atoms with van der Waals surface area (Å²) in [7, 11) is 0. The molecule has 0 fully saturated rings. The highest BCUT2D eigenvalue weighted by Crippen LogP contribution is 2.32. The van der Waals surface area contributed by atoms with E-state index in [4.69, 9.17) is 9.15 Å². The highest BCUT2D eigenvalue weighted by molar-refractivity contribution is 5.84. The molecule has 0 aliphatic heterocycles. The van der Waals surface area contributed by atoms with E-state index in [1.165, 1.54) is 12.1 Å². The lowest BCUT2D eigenvalue weighted by Crippen LogP contribution is -2.16. The van der Waals surface area contributed by atoms with Gasteiger partial charge in [-0.25, -0.2) is 9.18 Å². The third kappa shape index (κ3) is 3.12. The lowest BCUT2D eigenvalue weighted by molar-refractivity contribution is 0.303. The van der Waals surface area contributed by atoms with Crippen LogP contribution < -0.4 is 10.4 Å². The van der Waals surface area contributed by atoms with Gasteiger partial charge in [0.05, 0.1) is 0 Å². The van der Waals surface area contributed by atoms with Gasteiger partial charge in [0.2, 0.25) is 0 Å². The lowest BCUT2D eigenvalue weighted by atomic mass is 9.90. The third-order valence-corrected chi connectivity index (χ3v) is 5.09. The maximum Gasteiger partial charge on any atom is 0.339 e. The molecule has 3 aromatic rings. The van der Waals surface area contributed by atoms with Crippen molar-refractivity contribution < 1.29 is 13.5 Å². The Hall–Kier alpha value is -2.62. The van der Waals surface area contributed by atoms with Gasteiger partial charge in [-0.3, -0.25) is 0 Å². The van der Waals surface area contributed by atoms with Crippen LogP contribution in [0.1, 0.15) is 42.0 Å². The maximum atomic E-state index is 13.0. The van der Waals surface area contributed by atoms with Crippen LogP contribution >= 0.6 is 0 Å². The summed E-state index contributed by atoms with van der Waals surface area (Å²) in [5.41, 5.74) is 4.32. The number of benzene rings is 2. The predicted octanol–water partition coefficient (Wildman–Crippen LogP) is 4.95.